The van der Waals surface area contributed by atoms with Gasteiger partial charge < -0.3 is 14.5 Å². The predicted molar refractivity (Wildman–Crippen MR) is 75.8 cm³/mol. The first kappa shape index (κ1) is 15.2. The number of hydrogen-bond acceptors (Lipinski definition) is 6. The molecule has 0 aliphatic rings. The molecule has 0 radical (unpaired) electrons. The molecule has 1 atom stereocenters. The van der Waals surface area contributed by atoms with Gasteiger partial charge in [0.1, 0.15) is 6.04 Å². The van der Waals surface area contributed by atoms with Crippen LogP contribution in [0.3, 0.4) is 0 Å². The van der Waals surface area contributed by atoms with E-state index in [0.29, 0.717) is 11.7 Å². The van der Waals surface area contributed by atoms with Crippen molar-refractivity contribution in [3.63, 3.8) is 0 Å². The number of carboxylic acid groups (broad SMARTS) is 1. The molecule has 2 aromatic heterocycles. The van der Waals surface area contributed by atoms with Crippen LogP contribution in [0.15, 0.2) is 21.3 Å². The fourth-order valence-electron chi connectivity index (χ4n) is 1.64. The Bertz CT molecular complexity index is 623. The smallest absolute Gasteiger partial charge is 0.326 e. The van der Waals surface area contributed by atoms with Gasteiger partial charge in [0.2, 0.25) is 17.6 Å². The summed E-state index contributed by atoms with van der Waals surface area (Å²) in [5, 5.41) is 16.5. The van der Waals surface area contributed by atoms with Crippen molar-refractivity contribution >= 4 is 23.2 Å². The minimum Gasteiger partial charge on any atom is -0.480 e. The van der Waals surface area contributed by atoms with Gasteiger partial charge in [0.15, 0.2) is 0 Å². The van der Waals surface area contributed by atoms with E-state index in [1.165, 1.54) is 30.2 Å². The molecule has 0 spiro atoms. The molecule has 8 heteroatoms. The average molecular weight is 309 g/mol. The maximum absolute atomic E-state index is 11.9. The van der Waals surface area contributed by atoms with Crippen LogP contribution in [-0.2, 0) is 16.0 Å². The SMILES string of the molecule is CC(C(=O)O)N(C)C(=O)CCc1nc(-c2ccsc2)no1. The van der Waals surface area contributed by atoms with Crippen LogP contribution in [0, 0.1) is 0 Å². The molecule has 1 unspecified atom stereocenters. The highest BCUT2D eigenvalue weighted by molar-refractivity contribution is 7.08. The molecule has 112 valence electrons. The van der Waals surface area contributed by atoms with Gasteiger partial charge in [-0.15, -0.1) is 0 Å². The highest BCUT2D eigenvalue weighted by atomic mass is 32.1. The van der Waals surface area contributed by atoms with Crippen molar-refractivity contribution in [2.24, 2.45) is 0 Å². The second-order valence-corrected chi connectivity index (χ2v) is 5.32. The second kappa shape index (κ2) is 6.49. The number of aryl methyl sites for hydroxylation is 1. The van der Waals surface area contributed by atoms with Crippen LogP contribution in [0.2, 0.25) is 0 Å². The Morgan fingerprint density at radius 2 is 2.29 bits per heavy atom. The van der Waals surface area contributed by atoms with Crippen molar-refractivity contribution in [1.29, 1.82) is 0 Å². The monoisotopic (exact) mass is 309 g/mol. The number of likely N-dealkylation sites (N-methyl/N-ethyl adjacent to an activating group) is 1. The van der Waals surface area contributed by atoms with Crippen molar-refractivity contribution in [2.45, 2.75) is 25.8 Å². The number of amides is 1. The molecule has 2 aromatic rings. The van der Waals surface area contributed by atoms with Crippen LogP contribution in [0.25, 0.3) is 11.4 Å². The van der Waals surface area contributed by atoms with E-state index >= 15 is 0 Å². The van der Waals surface area contributed by atoms with Crippen LogP contribution in [0.4, 0.5) is 0 Å². The minimum absolute atomic E-state index is 0.124. The summed E-state index contributed by atoms with van der Waals surface area (Å²) < 4.78 is 5.08. The van der Waals surface area contributed by atoms with Crippen molar-refractivity contribution in [1.82, 2.24) is 15.0 Å². The zero-order valence-electron chi connectivity index (χ0n) is 11.6. The van der Waals surface area contributed by atoms with E-state index in [-0.39, 0.29) is 18.7 Å². The zero-order valence-corrected chi connectivity index (χ0v) is 12.5. The summed E-state index contributed by atoms with van der Waals surface area (Å²) in [5.74, 6) is -0.463. The molecule has 0 bridgehead atoms. The largest absolute Gasteiger partial charge is 0.480 e. The van der Waals surface area contributed by atoms with E-state index in [0.717, 1.165) is 5.56 Å². The summed E-state index contributed by atoms with van der Waals surface area (Å²) in [4.78, 5) is 28.1. The highest BCUT2D eigenvalue weighted by Crippen LogP contribution is 2.19. The lowest BCUT2D eigenvalue weighted by Gasteiger charge is -2.20. The first-order valence-corrected chi connectivity index (χ1v) is 7.27. The Morgan fingerprint density at radius 1 is 1.52 bits per heavy atom. The lowest BCUT2D eigenvalue weighted by molar-refractivity contribution is -0.148. The maximum Gasteiger partial charge on any atom is 0.326 e. The number of thiophene rings is 1. The molecular weight excluding hydrogens is 294 g/mol. The summed E-state index contributed by atoms with van der Waals surface area (Å²) in [7, 11) is 1.46. The number of aromatic nitrogens is 2. The number of nitrogens with zero attached hydrogens (tertiary/aromatic N) is 3. The van der Waals surface area contributed by atoms with Crippen LogP contribution < -0.4 is 0 Å². The number of carbonyl (C=O) groups is 2. The molecule has 1 amide bonds. The Morgan fingerprint density at radius 3 is 2.90 bits per heavy atom. The van der Waals surface area contributed by atoms with Crippen LogP contribution >= 0.6 is 11.3 Å². The summed E-state index contributed by atoms with van der Waals surface area (Å²) >= 11 is 1.53. The van der Waals surface area contributed by atoms with E-state index in [9.17, 15) is 9.59 Å². The van der Waals surface area contributed by atoms with Gasteiger partial charge in [-0.2, -0.15) is 16.3 Å². The minimum atomic E-state index is -1.04. The van der Waals surface area contributed by atoms with Crippen LogP contribution in [0.1, 0.15) is 19.2 Å². The summed E-state index contributed by atoms with van der Waals surface area (Å²) in [6, 6.07) is 1.02. The molecule has 0 fully saturated rings. The van der Waals surface area contributed by atoms with E-state index < -0.39 is 12.0 Å². The molecule has 0 aliphatic heterocycles. The van der Waals surface area contributed by atoms with Crippen molar-refractivity contribution in [3.05, 3.63) is 22.7 Å². The quantitative estimate of drug-likeness (QED) is 0.871. The first-order chi connectivity index (χ1) is 9.99. The zero-order chi connectivity index (χ0) is 15.4. The van der Waals surface area contributed by atoms with Gasteiger partial charge >= 0.3 is 5.97 Å². The van der Waals surface area contributed by atoms with E-state index in [1.54, 1.807) is 0 Å². The first-order valence-electron chi connectivity index (χ1n) is 6.32. The summed E-state index contributed by atoms with van der Waals surface area (Å²) in [6.07, 6.45) is 0.409. The Hall–Kier alpha value is -2.22. The van der Waals surface area contributed by atoms with Crippen LogP contribution in [0.5, 0.6) is 0 Å². The molecule has 0 aliphatic carbocycles. The number of carboxylic acids is 1. The van der Waals surface area contributed by atoms with Crippen molar-refractivity contribution < 1.29 is 19.2 Å². The topological polar surface area (TPSA) is 96.5 Å². The lowest BCUT2D eigenvalue weighted by Crippen LogP contribution is -2.40. The van der Waals surface area contributed by atoms with Gasteiger partial charge in [-0.1, -0.05) is 5.16 Å². The average Bonchev–Trinajstić information content (AvgIpc) is 3.13. The van der Waals surface area contributed by atoms with E-state index in [2.05, 4.69) is 10.1 Å². The third-order valence-corrected chi connectivity index (χ3v) is 3.82. The standard InChI is InChI=1S/C13H15N3O4S/c1-8(13(18)19)16(2)11(17)4-3-10-14-12(15-20-10)9-5-6-21-7-9/h5-8H,3-4H2,1-2H3,(H,18,19). The lowest BCUT2D eigenvalue weighted by atomic mass is 10.2. The van der Waals surface area contributed by atoms with Gasteiger partial charge in [-0.05, 0) is 18.4 Å². The Labute approximate surface area is 125 Å². The molecule has 7 nitrogen and oxygen atoms in total. The number of rotatable bonds is 6. The summed E-state index contributed by atoms with van der Waals surface area (Å²) in [5.41, 5.74) is 0.873. The fourth-order valence-corrected chi connectivity index (χ4v) is 2.27. The normalized spacial score (nSPS) is 12.1. The van der Waals surface area contributed by atoms with Crippen LogP contribution in [-0.4, -0.2) is 45.1 Å². The molecular formula is C13H15N3O4S. The molecule has 2 heterocycles. The highest BCUT2D eigenvalue weighted by Gasteiger charge is 2.22. The summed E-state index contributed by atoms with van der Waals surface area (Å²) in [6.45, 7) is 1.46. The van der Waals surface area contributed by atoms with Crippen molar-refractivity contribution in [3.8, 4) is 11.4 Å². The van der Waals surface area contributed by atoms with E-state index in [1.807, 2.05) is 16.8 Å². The third-order valence-electron chi connectivity index (χ3n) is 3.13. The third kappa shape index (κ3) is 3.66. The number of carbonyl (C=O) groups excluding carboxylic acids is 1. The van der Waals surface area contributed by atoms with Gasteiger partial charge in [-0.3, -0.25) is 4.79 Å². The van der Waals surface area contributed by atoms with Crippen molar-refractivity contribution in [2.75, 3.05) is 7.05 Å². The predicted octanol–water partition coefficient (Wildman–Crippen LogP) is 1.66. The molecule has 0 saturated heterocycles. The Kier molecular flexibility index (Phi) is 4.69. The molecule has 0 saturated carbocycles. The Balaban J connectivity index is 1.91. The second-order valence-electron chi connectivity index (χ2n) is 4.54. The molecule has 21 heavy (non-hydrogen) atoms. The fraction of sp³-hybridized carbons (Fsp3) is 0.385. The van der Waals surface area contributed by atoms with Gasteiger partial charge in [0.05, 0.1) is 0 Å². The number of hydrogen-bond donors (Lipinski definition) is 1. The van der Waals surface area contributed by atoms with E-state index in [4.69, 9.17) is 9.63 Å². The molecule has 1 N–H and O–H groups in total. The maximum atomic E-state index is 11.9. The van der Waals surface area contributed by atoms with Gasteiger partial charge in [0.25, 0.3) is 0 Å². The van der Waals surface area contributed by atoms with Gasteiger partial charge in [-0.25, -0.2) is 4.79 Å². The molecule has 2 rings (SSSR count). The van der Waals surface area contributed by atoms with Gasteiger partial charge in [0, 0.05) is 30.8 Å². The molecule has 0 aromatic carbocycles. The number of aliphatic carboxylic acids is 1.